The van der Waals surface area contributed by atoms with Crippen LogP contribution in [0.4, 0.5) is 0 Å². The number of hydrogen-bond acceptors (Lipinski definition) is 4. The number of imidazole rings is 2. The average molecular weight is 282 g/mol. The minimum atomic E-state index is 0. The molecule has 0 fully saturated rings. The molecule has 6 nitrogen and oxygen atoms in total. The molecule has 108 valence electrons. The van der Waals surface area contributed by atoms with Crippen LogP contribution in [0.1, 0.15) is 0 Å². The molecule has 0 aliphatic heterocycles. The number of pyridine rings is 1. The van der Waals surface area contributed by atoms with E-state index in [1.165, 1.54) is 5.39 Å². The fraction of sp³-hybridized carbons (Fsp3) is 0. The van der Waals surface area contributed by atoms with E-state index in [0.29, 0.717) is 0 Å². The molecule has 6 heteroatoms. The highest BCUT2D eigenvalue weighted by Gasteiger charge is 1.86. The van der Waals surface area contributed by atoms with Gasteiger partial charge in [0.1, 0.15) is 0 Å². The highest BCUT2D eigenvalue weighted by Crippen LogP contribution is 2.07. The van der Waals surface area contributed by atoms with E-state index in [1.807, 2.05) is 30.5 Å². The molecule has 4 aromatic rings. The summed E-state index contributed by atoms with van der Waals surface area (Å²) in [4.78, 5) is 17.0. The smallest absolute Gasteiger partial charge is 0.0919 e. The third-order valence-electron chi connectivity index (χ3n) is 2.32. The molecule has 0 radical (unpaired) electrons. The van der Waals surface area contributed by atoms with Crippen molar-refractivity contribution in [1.29, 1.82) is 0 Å². The lowest BCUT2D eigenvalue weighted by Gasteiger charge is -1.91. The predicted molar refractivity (Wildman–Crippen MR) is 83.9 cm³/mol. The van der Waals surface area contributed by atoms with Gasteiger partial charge < -0.3 is 16.1 Å². The topological polar surface area (TPSA) is 105 Å². The second-order valence-electron chi connectivity index (χ2n) is 3.72. The molecule has 0 aliphatic carbocycles. The second kappa shape index (κ2) is 9.88. The summed E-state index contributed by atoms with van der Waals surface area (Å²) < 4.78 is 0. The van der Waals surface area contributed by atoms with E-state index >= 15 is 0 Å². The SMILES string of the molecule is N.c1c[nH]cn1.c1c[nH]cn1.c1ccc2ncccc2c1. The van der Waals surface area contributed by atoms with Crippen molar-refractivity contribution in [2.24, 2.45) is 0 Å². The molecule has 0 unspecified atom stereocenters. The summed E-state index contributed by atoms with van der Waals surface area (Å²) in [7, 11) is 0. The van der Waals surface area contributed by atoms with Crippen molar-refractivity contribution < 1.29 is 0 Å². The first-order valence-corrected chi connectivity index (χ1v) is 6.12. The van der Waals surface area contributed by atoms with Gasteiger partial charge in [0.25, 0.3) is 0 Å². The van der Waals surface area contributed by atoms with Crippen LogP contribution in [0.15, 0.2) is 80.0 Å². The molecule has 3 aromatic heterocycles. The van der Waals surface area contributed by atoms with Crippen molar-refractivity contribution in [3.8, 4) is 0 Å². The number of aromatic nitrogens is 5. The molecule has 0 atom stereocenters. The summed E-state index contributed by atoms with van der Waals surface area (Å²) in [5.74, 6) is 0. The van der Waals surface area contributed by atoms with Crippen molar-refractivity contribution in [3.63, 3.8) is 0 Å². The number of nitrogens with zero attached hydrogens (tertiary/aromatic N) is 3. The van der Waals surface area contributed by atoms with Gasteiger partial charge in [0.15, 0.2) is 0 Å². The molecule has 21 heavy (non-hydrogen) atoms. The average Bonchev–Trinajstić information content (AvgIpc) is 3.25. The number of H-pyrrole nitrogens is 2. The Kier molecular flexibility index (Phi) is 7.56. The van der Waals surface area contributed by atoms with E-state index in [0.717, 1.165) is 5.52 Å². The van der Waals surface area contributed by atoms with Crippen LogP contribution in [0.5, 0.6) is 0 Å². The Hall–Kier alpha value is -2.99. The molecule has 1 aromatic carbocycles. The number of rotatable bonds is 0. The summed E-state index contributed by atoms with van der Waals surface area (Å²) in [5.41, 5.74) is 1.06. The van der Waals surface area contributed by atoms with Crippen LogP contribution in [0, 0.1) is 0 Å². The Bertz CT molecular complexity index is 550. The van der Waals surface area contributed by atoms with Gasteiger partial charge in [-0.25, -0.2) is 9.97 Å². The molecule has 0 bridgehead atoms. The van der Waals surface area contributed by atoms with Crippen molar-refractivity contribution in [2.75, 3.05) is 0 Å². The number of fused-ring (bicyclic) bond motifs is 1. The van der Waals surface area contributed by atoms with Crippen LogP contribution in [-0.4, -0.2) is 24.9 Å². The molecule has 0 spiro atoms. The quantitative estimate of drug-likeness (QED) is 0.460. The van der Waals surface area contributed by atoms with Gasteiger partial charge in [-0.2, -0.15) is 0 Å². The van der Waals surface area contributed by atoms with E-state index in [9.17, 15) is 0 Å². The first-order valence-electron chi connectivity index (χ1n) is 6.12. The van der Waals surface area contributed by atoms with Gasteiger partial charge in [0.2, 0.25) is 0 Å². The second-order valence-corrected chi connectivity index (χ2v) is 3.72. The maximum atomic E-state index is 4.18. The first kappa shape index (κ1) is 16.1. The molecule has 5 N–H and O–H groups in total. The maximum Gasteiger partial charge on any atom is 0.0919 e. The van der Waals surface area contributed by atoms with Gasteiger partial charge in [-0.3, -0.25) is 4.98 Å². The van der Waals surface area contributed by atoms with Crippen LogP contribution in [-0.2, 0) is 0 Å². The van der Waals surface area contributed by atoms with E-state index < -0.39 is 0 Å². The zero-order valence-electron chi connectivity index (χ0n) is 11.6. The highest BCUT2D eigenvalue weighted by atomic mass is 14.8. The summed E-state index contributed by atoms with van der Waals surface area (Å²) in [6.45, 7) is 0. The van der Waals surface area contributed by atoms with E-state index in [-0.39, 0.29) is 6.15 Å². The molecular formula is C15H18N6. The Morgan fingerprint density at radius 3 is 1.81 bits per heavy atom. The highest BCUT2D eigenvalue weighted by molar-refractivity contribution is 5.77. The zero-order valence-corrected chi connectivity index (χ0v) is 11.6. The van der Waals surface area contributed by atoms with Gasteiger partial charge in [-0.05, 0) is 12.1 Å². The minimum absolute atomic E-state index is 0. The lowest BCUT2D eigenvalue weighted by atomic mass is 10.2. The van der Waals surface area contributed by atoms with Crippen molar-refractivity contribution >= 4 is 10.9 Å². The molecule has 0 aliphatic rings. The van der Waals surface area contributed by atoms with Crippen molar-refractivity contribution in [2.45, 2.75) is 0 Å². The van der Waals surface area contributed by atoms with Gasteiger partial charge in [0.05, 0.1) is 18.2 Å². The first-order chi connectivity index (χ1) is 9.97. The third-order valence-corrected chi connectivity index (χ3v) is 2.32. The fourth-order valence-electron chi connectivity index (χ4n) is 1.45. The monoisotopic (exact) mass is 282 g/mol. The summed E-state index contributed by atoms with van der Waals surface area (Å²) in [6.07, 6.45) is 12.0. The summed E-state index contributed by atoms with van der Waals surface area (Å²) in [5, 5.41) is 1.20. The lowest BCUT2D eigenvalue weighted by Crippen LogP contribution is -1.73. The Morgan fingerprint density at radius 2 is 1.33 bits per heavy atom. The Morgan fingerprint density at radius 1 is 0.714 bits per heavy atom. The largest absolute Gasteiger partial charge is 0.351 e. The van der Waals surface area contributed by atoms with Crippen LogP contribution in [0.2, 0.25) is 0 Å². The van der Waals surface area contributed by atoms with Crippen LogP contribution in [0.3, 0.4) is 0 Å². The maximum absolute atomic E-state index is 4.18. The molecule has 0 saturated heterocycles. The number of nitrogens with one attached hydrogen (secondary N) is 2. The van der Waals surface area contributed by atoms with Crippen LogP contribution in [0.25, 0.3) is 10.9 Å². The van der Waals surface area contributed by atoms with Gasteiger partial charge in [-0.1, -0.05) is 24.3 Å². The third kappa shape index (κ3) is 6.13. The number of para-hydroxylation sites is 1. The molecule has 3 heterocycles. The molecule has 4 rings (SSSR count). The standard InChI is InChI=1S/C9H7N.2C3H4N2.H3N/c1-2-6-9-8(4-1)5-3-7-10-9;2*1-2-5-3-4-1;/h1-7H;2*1-3H,(H,4,5);1H3. The molecule has 0 saturated carbocycles. The van der Waals surface area contributed by atoms with E-state index in [4.69, 9.17) is 0 Å². The van der Waals surface area contributed by atoms with Crippen LogP contribution < -0.4 is 6.15 Å². The molecule has 0 amide bonds. The minimum Gasteiger partial charge on any atom is -0.351 e. The number of benzene rings is 1. The Labute approximate surface area is 122 Å². The normalized spacial score (nSPS) is 8.57. The summed E-state index contributed by atoms with van der Waals surface area (Å²) >= 11 is 0. The van der Waals surface area contributed by atoms with E-state index in [1.54, 1.807) is 37.4 Å². The van der Waals surface area contributed by atoms with E-state index in [2.05, 4.69) is 37.1 Å². The number of aromatic amines is 2. The lowest BCUT2D eigenvalue weighted by molar-refractivity contribution is 1.31. The van der Waals surface area contributed by atoms with Crippen molar-refractivity contribution in [1.82, 2.24) is 31.1 Å². The fourth-order valence-corrected chi connectivity index (χ4v) is 1.45. The molecular weight excluding hydrogens is 264 g/mol. The predicted octanol–water partition coefficient (Wildman–Crippen LogP) is 3.22. The van der Waals surface area contributed by atoms with Gasteiger partial charge in [0, 0.05) is 36.4 Å². The van der Waals surface area contributed by atoms with Crippen molar-refractivity contribution in [3.05, 3.63) is 80.0 Å². The van der Waals surface area contributed by atoms with Gasteiger partial charge >= 0.3 is 0 Å². The zero-order chi connectivity index (χ0) is 13.9. The number of hydrogen-bond donors (Lipinski definition) is 3. The Balaban J connectivity index is 0.000000171. The summed E-state index contributed by atoms with van der Waals surface area (Å²) in [6, 6.07) is 12.1. The van der Waals surface area contributed by atoms with Crippen LogP contribution >= 0.6 is 0 Å². The van der Waals surface area contributed by atoms with Gasteiger partial charge in [-0.15, -0.1) is 0 Å².